The standard InChI is InChI=1S/C14H21NO2/c1-9-6-10(2)14(17-3)12(7-9)13(8-16)15-11-4-5-11/h6-7,11,13,15-16H,4-5,8H2,1-3H3. The summed E-state index contributed by atoms with van der Waals surface area (Å²) in [6.45, 7) is 4.22. The van der Waals surface area contributed by atoms with Gasteiger partial charge >= 0.3 is 0 Å². The molecule has 3 heteroatoms. The number of ether oxygens (including phenoxy) is 1. The SMILES string of the molecule is COc1c(C)cc(C)cc1C(CO)NC1CC1. The quantitative estimate of drug-likeness (QED) is 0.821. The zero-order valence-electron chi connectivity index (χ0n) is 10.8. The van der Waals surface area contributed by atoms with Gasteiger partial charge in [-0.15, -0.1) is 0 Å². The number of benzene rings is 1. The van der Waals surface area contributed by atoms with Gasteiger partial charge in [0.05, 0.1) is 19.8 Å². The van der Waals surface area contributed by atoms with Crippen molar-refractivity contribution in [1.82, 2.24) is 5.32 Å². The molecule has 17 heavy (non-hydrogen) atoms. The van der Waals surface area contributed by atoms with E-state index in [0.717, 1.165) is 16.9 Å². The van der Waals surface area contributed by atoms with Crippen molar-refractivity contribution in [3.05, 3.63) is 28.8 Å². The molecule has 0 aromatic heterocycles. The molecule has 1 fully saturated rings. The van der Waals surface area contributed by atoms with E-state index in [9.17, 15) is 5.11 Å². The van der Waals surface area contributed by atoms with Crippen LogP contribution in [0.5, 0.6) is 5.75 Å². The van der Waals surface area contributed by atoms with Gasteiger partial charge < -0.3 is 15.2 Å². The second-order valence-electron chi connectivity index (χ2n) is 4.88. The predicted octanol–water partition coefficient (Wildman–Crippen LogP) is 2.10. The minimum Gasteiger partial charge on any atom is -0.496 e. The number of hydrogen-bond donors (Lipinski definition) is 2. The topological polar surface area (TPSA) is 41.5 Å². The van der Waals surface area contributed by atoms with Crippen molar-refractivity contribution in [3.8, 4) is 5.75 Å². The molecule has 2 rings (SSSR count). The molecular formula is C14H21NO2. The number of rotatable bonds is 5. The van der Waals surface area contributed by atoms with Crippen molar-refractivity contribution >= 4 is 0 Å². The Morgan fingerprint density at radius 1 is 1.41 bits per heavy atom. The lowest BCUT2D eigenvalue weighted by molar-refractivity contribution is 0.240. The van der Waals surface area contributed by atoms with Crippen molar-refractivity contribution < 1.29 is 9.84 Å². The zero-order valence-corrected chi connectivity index (χ0v) is 10.8. The Kier molecular flexibility index (Phi) is 3.69. The van der Waals surface area contributed by atoms with Gasteiger partial charge in [-0.3, -0.25) is 0 Å². The van der Waals surface area contributed by atoms with E-state index in [0.29, 0.717) is 6.04 Å². The van der Waals surface area contributed by atoms with E-state index < -0.39 is 0 Å². The smallest absolute Gasteiger partial charge is 0.126 e. The lowest BCUT2D eigenvalue weighted by Crippen LogP contribution is -2.27. The van der Waals surface area contributed by atoms with E-state index in [2.05, 4.69) is 24.4 Å². The molecule has 0 heterocycles. The van der Waals surface area contributed by atoms with Gasteiger partial charge in [-0.2, -0.15) is 0 Å². The van der Waals surface area contributed by atoms with Gasteiger partial charge in [-0.1, -0.05) is 17.7 Å². The number of methoxy groups -OCH3 is 1. The van der Waals surface area contributed by atoms with Crippen LogP contribution in [-0.2, 0) is 0 Å². The Morgan fingerprint density at radius 2 is 2.12 bits per heavy atom. The van der Waals surface area contributed by atoms with Gasteiger partial charge in [0.2, 0.25) is 0 Å². The van der Waals surface area contributed by atoms with Crippen LogP contribution in [-0.4, -0.2) is 24.9 Å². The molecule has 0 radical (unpaired) electrons. The minimum atomic E-state index is -0.0175. The van der Waals surface area contributed by atoms with Crippen LogP contribution in [0.15, 0.2) is 12.1 Å². The summed E-state index contributed by atoms with van der Waals surface area (Å²) in [5.41, 5.74) is 3.40. The van der Waals surface area contributed by atoms with Crippen LogP contribution >= 0.6 is 0 Å². The first kappa shape index (κ1) is 12.4. The summed E-state index contributed by atoms with van der Waals surface area (Å²) in [6.07, 6.45) is 2.42. The fraction of sp³-hybridized carbons (Fsp3) is 0.571. The Labute approximate surface area is 103 Å². The zero-order chi connectivity index (χ0) is 12.4. The highest BCUT2D eigenvalue weighted by molar-refractivity contribution is 5.45. The average Bonchev–Trinajstić information content (AvgIpc) is 3.08. The molecule has 0 amide bonds. The lowest BCUT2D eigenvalue weighted by Gasteiger charge is -2.21. The summed E-state index contributed by atoms with van der Waals surface area (Å²) in [7, 11) is 1.69. The molecular weight excluding hydrogens is 214 g/mol. The molecule has 94 valence electrons. The highest BCUT2D eigenvalue weighted by Crippen LogP contribution is 2.32. The van der Waals surface area contributed by atoms with E-state index in [1.165, 1.54) is 18.4 Å². The van der Waals surface area contributed by atoms with Gasteiger partial charge in [-0.05, 0) is 32.3 Å². The largest absolute Gasteiger partial charge is 0.496 e. The highest BCUT2D eigenvalue weighted by Gasteiger charge is 2.26. The van der Waals surface area contributed by atoms with E-state index in [4.69, 9.17) is 4.74 Å². The second-order valence-corrected chi connectivity index (χ2v) is 4.88. The molecule has 1 aromatic carbocycles. The van der Waals surface area contributed by atoms with Crippen molar-refractivity contribution in [2.45, 2.75) is 38.8 Å². The summed E-state index contributed by atoms with van der Waals surface area (Å²) in [4.78, 5) is 0. The number of nitrogens with one attached hydrogen (secondary N) is 1. The highest BCUT2D eigenvalue weighted by atomic mass is 16.5. The van der Waals surface area contributed by atoms with E-state index in [1.54, 1.807) is 7.11 Å². The Bertz CT molecular complexity index is 399. The molecule has 3 nitrogen and oxygen atoms in total. The number of hydrogen-bond acceptors (Lipinski definition) is 3. The van der Waals surface area contributed by atoms with Crippen LogP contribution < -0.4 is 10.1 Å². The van der Waals surface area contributed by atoms with Crippen LogP contribution in [0.25, 0.3) is 0 Å². The lowest BCUT2D eigenvalue weighted by atomic mass is 10.00. The Morgan fingerprint density at radius 3 is 2.65 bits per heavy atom. The summed E-state index contributed by atoms with van der Waals surface area (Å²) >= 11 is 0. The molecule has 1 aliphatic rings. The maximum Gasteiger partial charge on any atom is 0.126 e. The molecule has 0 saturated heterocycles. The molecule has 0 spiro atoms. The summed E-state index contributed by atoms with van der Waals surface area (Å²) < 4.78 is 5.46. The van der Waals surface area contributed by atoms with Crippen LogP contribution in [0.2, 0.25) is 0 Å². The van der Waals surface area contributed by atoms with E-state index >= 15 is 0 Å². The van der Waals surface area contributed by atoms with Crippen LogP contribution in [0.1, 0.15) is 35.6 Å². The monoisotopic (exact) mass is 235 g/mol. The van der Waals surface area contributed by atoms with Crippen molar-refractivity contribution in [1.29, 1.82) is 0 Å². The van der Waals surface area contributed by atoms with Gasteiger partial charge in [0.1, 0.15) is 5.75 Å². The average molecular weight is 235 g/mol. The van der Waals surface area contributed by atoms with Crippen LogP contribution in [0.3, 0.4) is 0 Å². The van der Waals surface area contributed by atoms with Gasteiger partial charge in [0.25, 0.3) is 0 Å². The van der Waals surface area contributed by atoms with Crippen LogP contribution in [0.4, 0.5) is 0 Å². The van der Waals surface area contributed by atoms with Crippen molar-refractivity contribution in [2.24, 2.45) is 0 Å². The minimum absolute atomic E-state index is 0.0175. The van der Waals surface area contributed by atoms with Gasteiger partial charge in [0.15, 0.2) is 0 Å². The molecule has 1 unspecified atom stereocenters. The predicted molar refractivity (Wildman–Crippen MR) is 68.5 cm³/mol. The summed E-state index contributed by atoms with van der Waals surface area (Å²) in [5.74, 6) is 0.891. The third-order valence-corrected chi connectivity index (χ3v) is 3.22. The molecule has 1 aliphatic carbocycles. The molecule has 2 N–H and O–H groups in total. The molecule has 0 aliphatic heterocycles. The first-order chi connectivity index (χ1) is 8.15. The Hall–Kier alpha value is -1.06. The van der Waals surface area contributed by atoms with E-state index in [-0.39, 0.29) is 12.6 Å². The third kappa shape index (κ3) is 2.79. The second kappa shape index (κ2) is 5.07. The van der Waals surface area contributed by atoms with E-state index in [1.807, 2.05) is 6.92 Å². The fourth-order valence-corrected chi connectivity index (χ4v) is 2.30. The fourth-order valence-electron chi connectivity index (χ4n) is 2.30. The van der Waals surface area contributed by atoms with Crippen LogP contribution in [0, 0.1) is 13.8 Å². The summed E-state index contributed by atoms with van der Waals surface area (Å²) in [6, 6.07) is 4.75. The normalized spacial score (nSPS) is 16.9. The molecule has 1 atom stereocenters. The molecule has 1 saturated carbocycles. The van der Waals surface area contributed by atoms with Crippen molar-refractivity contribution in [2.75, 3.05) is 13.7 Å². The number of aryl methyl sites for hydroxylation is 2. The maximum atomic E-state index is 9.54. The molecule has 1 aromatic rings. The Balaban J connectivity index is 2.32. The molecule has 0 bridgehead atoms. The first-order valence-electron chi connectivity index (χ1n) is 6.17. The number of aliphatic hydroxyl groups excluding tert-OH is 1. The maximum absolute atomic E-state index is 9.54. The van der Waals surface area contributed by atoms with Crippen molar-refractivity contribution in [3.63, 3.8) is 0 Å². The third-order valence-electron chi connectivity index (χ3n) is 3.22. The van der Waals surface area contributed by atoms with Gasteiger partial charge in [-0.25, -0.2) is 0 Å². The first-order valence-corrected chi connectivity index (χ1v) is 6.17. The summed E-state index contributed by atoms with van der Waals surface area (Å²) in [5, 5.41) is 13.0. The van der Waals surface area contributed by atoms with Gasteiger partial charge in [0, 0.05) is 11.6 Å². The number of aliphatic hydroxyl groups is 1.